The molecular formula is C19H17FN2OS3. The molecule has 3 rings (SSSR count). The van der Waals surface area contributed by atoms with Crippen molar-refractivity contribution in [1.29, 1.82) is 0 Å². The second-order valence-corrected chi connectivity index (χ2v) is 8.50. The average molecular weight is 405 g/mol. The number of amides is 1. The van der Waals surface area contributed by atoms with Crippen molar-refractivity contribution in [2.45, 2.75) is 16.5 Å². The van der Waals surface area contributed by atoms with Crippen LogP contribution in [0.25, 0.3) is 0 Å². The molecule has 0 atom stereocenters. The summed E-state index contributed by atoms with van der Waals surface area (Å²) in [5.74, 6) is 1.14. The predicted octanol–water partition coefficient (Wildman–Crippen LogP) is 5.10. The van der Waals surface area contributed by atoms with Gasteiger partial charge in [-0.15, -0.1) is 34.9 Å². The molecule has 26 heavy (non-hydrogen) atoms. The van der Waals surface area contributed by atoms with Crippen LogP contribution >= 0.6 is 34.9 Å². The molecule has 0 radical (unpaired) electrons. The van der Waals surface area contributed by atoms with Crippen LogP contribution in [0.2, 0.25) is 0 Å². The fourth-order valence-electron chi connectivity index (χ4n) is 2.21. The topological polar surface area (TPSA) is 42.0 Å². The van der Waals surface area contributed by atoms with Crippen LogP contribution in [0.5, 0.6) is 0 Å². The van der Waals surface area contributed by atoms with Gasteiger partial charge < -0.3 is 5.32 Å². The number of nitrogens with zero attached hydrogens (tertiary/aromatic N) is 1. The van der Waals surface area contributed by atoms with Gasteiger partial charge in [0.25, 0.3) is 5.91 Å². The van der Waals surface area contributed by atoms with Gasteiger partial charge >= 0.3 is 0 Å². The molecule has 0 bridgehead atoms. The molecule has 2 heterocycles. The Kier molecular flexibility index (Phi) is 7.11. The molecular weight excluding hydrogens is 387 g/mol. The number of hydrogen-bond donors (Lipinski definition) is 1. The molecule has 3 aromatic rings. The van der Waals surface area contributed by atoms with Crippen LogP contribution < -0.4 is 5.32 Å². The lowest BCUT2D eigenvalue weighted by atomic mass is 10.2. The molecule has 0 saturated carbocycles. The van der Waals surface area contributed by atoms with Crippen molar-refractivity contribution >= 4 is 40.8 Å². The fraction of sp³-hybridized carbons (Fsp3) is 0.158. The minimum Gasteiger partial charge on any atom is -0.347 e. The number of hydrogen-bond acceptors (Lipinski definition) is 5. The van der Waals surface area contributed by atoms with Crippen molar-refractivity contribution in [3.05, 3.63) is 76.4 Å². The second-order valence-electron chi connectivity index (χ2n) is 5.25. The summed E-state index contributed by atoms with van der Waals surface area (Å²) in [7, 11) is 0. The van der Waals surface area contributed by atoms with Crippen molar-refractivity contribution in [2.75, 3.05) is 11.5 Å². The van der Waals surface area contributed by atoms with Gasteiger partial charge in [-0.2, -0.15) is 0 Å². The number of aromatic nitrogens is 1. The van der Waals surface area contributed by atoms with Crippen molar-refractivity contribution in [3.8, 4) is 0 Å². The van der Waals surface area contributed by atoms with Gasteiger partial charge in [-0.1, -0.05) is 18.2 Å². The molecule has 7 heteroatoms. The first-order valence-corrected chi connectivity index (χ1v) is 10.8. The van der Waals surface area contributed by atoms with E-state index in [4.69, 9.17) is 0 Å². The quantitative estimate of drug-likeness (QED) is 0.419. The molecule has 0 fully saturated rings. The summed E-state index contributed by atoms with van der Waals surface area (Å²) < 4.78 is 13.6. The lowest BCUT2D eigenvalue weighted by Gasteiger charge is -2.08. The number of rotatable bonds is 8. The van der Waals surface area contributed by atoms with E-state index in [1.165, 1.54) is 29.6 Å². The first-order chi connectivity index (χ1) is 12.7. The van der Waals surface area contributed by atoms with Crippen LogP contribution in [0.4, 0.5) is 4.39 Å². The number of carbonyl (C=O) groups is 1. The molecule has 2 aromatic heterocycles. The number of benzene rings is 1. The fourth-order valence-corrected chi connectivity index (χ4v) is 4.76. The summed E-state index contributed by atoms with van der Waals surface area (Å²) in [5, 5.41) is 5.61. The van der Waals surface area contributed by atoms with Crippen LogP contribution in [0.15, 0.2) is 70.0 Å². The summed E-state index contributed by atoms with van der Waals surface area (Å²) in [5.41, 5.74) is 0.574. The second kappa shape index (κ2) is 9.75. The van der Waals surface area contributed by atoms with Gasteiger partial charge in [-0.05, 0) is 35.7 Å². The number of thiophene rings is 1. The Hall–Kier alpha value is -1.83. The third kappa shape index (κ3) is 5.33. The van der Waals surface area contributed by atoms with Gasteiger partial charge in [0.05, 0.1) is 12.1 Å². The molecule has 134 valence electrons. The summed E-state index contributed by atoms with van der Waals surface area (Å²) >= 11 is 4.59. The van der Waals surface area contributed by atoms with E-state index in [2.05, 4.69) is 10.3 Å². The predicted molar refractivity (Wildman–Crippen MR) is 108 cm³/mol. The number of halogens is 1. The zero-order valence-electron chi connectivity index (χ0n) is 13.9. The van der Waals surface area contributed by atoms with Gasteiger partial charge in [-0.3, -0.25) is 4.79 Å². The molecule has 1 amide bonds. The van der Waals surface area contributed by atoms with Gasteiger partial charge in [0.1, 0.15) is 10.8 Å². The molecule has 0 aliphatic carbocycles. The maximum atomic E-state index is 13.6. The Morgan fingerprint density at radius 3 is 2.73 bits per heavy atom. The first-order valence-electron chi connectivity index (χ1n) is 8.00. The van der Waals surface area contributed by atoms with Crippen LogP contribution in [0, 0.1) is 5.82 Å². The zero-order valence-corrected chi connectivity index (χ0v) is 16.3. The molecule has 0 spiro atoms. The minimum absolute atomic E-state index is 0.129. The number of pyridine rings is 1. The summed E-state index contributed by atoms with van der Waals surface area (Å²) in [6.45, 7) is 0.513. The lowest BCUT2D eigenvalue weighted by Crippen LogP contribution is -2.23. The average Bonchev–Trinajstić information content (AvgIpc) is 3.18. The maximum absolute atomic E-state index is 13.6. The Labute approximate surface area is 164 Å². The van der Waals surface area contributed by atoms with E-state index >= 15 is 0 Å². The van der Waals surface area contributed by atoms with Crippen LogP contribution in [0.3, 0.4) is 0 Å². The zero-order chi connectivity index (χ0) is 18.2. The highest BCUT2D eigenvalue weighted by molar-refractivity contribution is 8.03. The highest BCUT2D eigenvalue weighted by Gasteiger charge is 2.13. The van der Waals surface area contributed by atoms with Crippen molar-refractivity contribution in [3.63, 3.8) is 0 Å². The minimum atomic E-state index is -0.200. The largest absolute Gasteiger partial charge is 0.347 e. The van der Waals surface area contributed by atoms with Gasteiger partial charge in [0, 0.05) is 27.5 Å². The van der Waals surface area contributed by atoms with Crippen LogP contribution in [-0.2, 0) is 6.54 Å². The Balaban J connectivity index is 1.53. The van der Waals surface area contributed by atoms with Gasteiger partial charge in [0.15, 0.2) is 0 Å². The maximum Gasteiger partial charge on any atom is 0.254 e. The Morgan fingerprint density at radius 1 is 1.08 bits per heavy atom. The van der Waals surface area contributed by atoms with Crippen molar-refractivity contribution in [1.82, 2.24) is 10.3 Å². The summed E-state index contributed by atoms with van der Waals surface area (Å²) in [6, 6.07) is 14.2. The van der Waals surface area contributed by atoms with E-state index in [1.807, 2.05) is 23.6 Å². The van der Waals surface area contributed by atoms with Crippen LogP contribution in [0.1, 0.15) is 15.2 Å². The third-order valence-corrected chi connectivity index (χ3v) is 6.63. The highest BCUT2D eigenvalue weighted by Crippen LogP contribution is 2.25. The summed E-state index contributed by atoms with van der Waals surface area (Å²) in [6.07, 6.45) is 1.68. The van der Waals surface area contributed by atoms with Gasteiger partial charge in [0.2, 0.25) is 0 Å². The van der Waals surface area contributed by atoms with E-state index in [1.54, 1.807) is 41.8 Å². The molecule has 0 aliphatic heterocycles. The molecule has 0 unspecified atom stereocenters. The molecule has 0 saturated heterocycles. The van der Waals surface area contributed by atoms with E-state index in [9.17, 15) is 9.18 Å². The third-order valence-electron chi connectivity index (χ3n) is 3.44. The first kappa shape index (κ1) is 18.9. The molecule has 3 nitrogen and oxygen atoms in total. The van der Waals surface area contributed by atoms with Crippen molar-refractivity contribution in [2.24, 2.45) is 0 Å². The molecule has 0 aliphatic rings. The number of nitrogens with one attached hydrogen (secondary N) is 1. The Bertz CT molecular complexity index is 856. The normalized spacial score (nSPS) is 10.7. The number of thioether (sulfide) groups is 2. The smallest absolute Gasteiger partial charge is 0.254 e. The highest BCUT2D eigenvalue weighted by atomic mass is 32.2. The Morgan fingerprint density at radius 2 is 1.92 bits per heavy atom. The monoisotopic (exact) mass is 404 g/mol. The SMILES string of the molecule is O=C(NCc1cccs1)c1cccnc1SCCSc1ccccc1F. The van der Waals surface area contributed by atoms with Crippen LogP contribution in [-0.4, -0.2) is 22.4 Å². The molecule has 1 aromatic carbocycles. The van der Waals surface area contributed by atoms with Crippen molar-refractivity contribution < 1.29 is 9.18 Å². The van der Waals surface area contributed by atoms with E-state index in [-0.39, 0.29) is 11.7 Å². The van der Waals surface area contributed by atoms with Gasteiger partial charge in [-0.25, -0.2) is 9.37 Å². The van der Waals surface area contributed by atoms with E-state index < -0.39 is 0 Å². The lowest BCUT2D eigenvalue weighted by molar-refractivity contribution is 0.0947. The number of carbonyl (C=O) groups excluding carboxylic acids is 1. The molecule has 1 N–H and O–H groups in total. The van der Waals surface area contributed by atoms with E-state index in [0.29, 0.717) is 22.0 Å². The summed E-state index contributed by atoms with van der Waals surface area (Å²) in [4.78, 5) is 18.5. The standard InChI is InChI=1S/C19H17FN2OS3/c20-16-7-1-2-8-17(16)25-11-12-26-19-15(6-3-9-21-19)18(23)22-13-14-5-4-10-24-14/h1-10H,11-13H2,(H,22,23). The van der Waals surface area contributed by atoms with E-state index in [0.717, 1.165) is 16.4 Å².